The van der Waals surface area contributed by atoms with E-state index in [2.05, 4.69) is 28.8 Å². The van der Waals surface area contributed by atoms with Crippen molar-refractivity contribution in [3.63, 3.8) is 0 Å². The molecule has 0 spiro atoms. The molecule has 3 aliphatic heterocycles. The molecule has 9 heteroatoms. The Labute approximate surface area is 187 Å². The summed E-state index contributed by atoms with van der Waals surface area (Å²) < 4.78 is 29.2. The first-order chi connectivity index (χ1) is 15.3. The van der Waals surface area contributed by atoms with E-state index in [-0.39, 0.29) is 18.0 Å². The zero-order chi connectivity index (χ0) is 22.2. The second-order valence-electron chi connectivity index (χ2n) is 10.5. The highest BCUT2D eigenvalue weighted by atomic mass is 19.3. The molecule has 6 rings (SSSR count). The molecule has 2 aliphatic carbocycles. The molecule has 1 amide bonds. The minimum atomic E-state index is -2.87. The third kappa shape index (κ3) is 3.26. The van der Waals surface area contributed by atoms with Gasteiger partial charge in [0.1, 0.15) is 11.5 Å². The van der Waals surface area contributed by atoms with E-state index in [1.807, 2.05) is 9.80 Å². The molecule has 1 aromatic heterocycles. The fourth-order valence-electron chi connectivity index (χ4n) is 6.11. The van der Waals surface area contributed by atoms with Crippen LogP contribution in [0.3, 0.4) is 0 Å². The molecule has 7 nitrogen and oxygen atoms in total. The van der Waals surface area contributed by atoms with Gasteiger partial charge >= 0.3 is 0 Å². The van der Waals surface area contributed by atoms with Crippen molar-refractivity contribution in [1.82, 2.24) is 19.8 Å². The molecular weight excluding hydrogens is 414 g/mol. The second kappa shape index (κ2) is 7.23. The maximum absolute atomic E-state index is 14.6. The number of anilines is 2. The molecule has 32 heavy (non-hydrogen) atoms. The van der Waals surface area contributed by atoms with Crippen molar-refractivity contribution in [2.45, 2.75) is 44.6 Å². The number of aromatic nitrogens is 2. The lowest BCUT2D eigenvalue weighted by Gasteiger charge is -2.39. The molecule has 5 aliphatic rings. The SMILES string of the molecule is C[C@H]1CCN1c1nc(N2C[C@@H]3[C@@H](CC(=O)N4CCN(C)CC4)[C@@H]3C2)c2c(n1)C(F)(F)CC2. The highest BCUT2D eigenvalue weighted by Gasteiger charge is 2.57. The molecule has 1 aromatic rings. The lowest BCUT2D eigenvalue weighted by Crippen LogP contribution is -2.47. The molecule has 3 saturated heterocycles. The van der Waals surface area contributed by atoms with Crippen molar-refractivity contribution in [3.05, 3.63) is 11.3 Å². The number of nitrogens with zero attached hydrogens (tertiary/aromatic N) is 6. The van der Waals surface area contributed by atoms with Crippen LogP contribution in [0.2, 0.25) is 0 Å². The van der Waals surface area contributed by atoms with Gasteiger partial charge in [0.05, 0.1) is 0 Å². The third-order valence-electron chi connectivity index (χ3n) is 8.52. The maximum atomic E-state index is 14.6. The van der Waals surface area contributed by atoms with Gasteiger partial charge in [0.15, 0.2) is 0 Å². The Hall–Kier alpha value is -2.03. The Morgan fingerprint density at radius 3 is 2.44 bits per heavy atom. The molecule has 4 atom stereocenters. The minimum absolute atomic E-state index is 0.0565. The normalized spacial score (nSPS) is 33.2. The van der Waals surface area contributed by atoms with Crippen molar-refractivity contribution in [3.8, 4) is 0 Å². The van der Waals surface area contributed by atoms with Crippen LogP contribution in [0, 0.1) is 17.8 Å². The number of fused-ring (bicyclic) bond motifs is 2. The van der Waals surface area contributed by atoms with Gasteiger partial charge in [-0.05, 0) is 44.6 Å². The van der Waals surface area contributed by atoms with Gasteiger partial charge in [0.2, 0.25) is 11.9 Å². The van der Waals surface area contributed by atoms with Crippen molar-refractivity contribution in [2.24, 2.45) is 17.8 Å². The molecular formula is C23H32F2N6O. The number of rotatable bonds is 4. The number of piperazine rings is 1. The summed E-state index contributed by atoms with van der Waals surface area (Å²) >= 11 is 0. The molecule has 0 unspecified atom stereocenters. The van der Waals surface area contributed by atoms with Crippen LogP contribution in [0.1, 0.15) is 37.4 Å². The Morgan fingerprint density at radius 2 is 1.81 bits per heavy atom. The predicted octanol–water partition coefficient (Wildman–Crippen LogP) is 1.96. The first-order valence-electron chi connectivity index (χ1n) is 12.1. The molecule has 0 radical (unpaired) electrons. The van der Waals surface area contributed by atoms with Crippen LogP contribution in [0.15, 0.2) is 0 Å². The van der Waals surface area contributed by atoms with E-state index in [9.17, 15) is 13.6 Å². The van der Waals surface area contributed by atoms with Crippen molar-refractivity contribution >= 4 is 17.7 Å². The molecule has 174 valence electrons. The number of carbonyl (C=O) groups excluding carboxylic acids is 1. The van der Waals surface area contributed by atoms with E-state index in [0.717, 1.165) is 58.1 Å². The number of piperidine rings is 1. The summed E-state index contributed by atoms with van der Waals surface area (Å²) in [4.78, 5) is 30.4. The number of halogens is 2. The van der Waals surface area contributed by atoms with Gasteiger partial charge in [0, 0.05) is 70.3 Å². The number of hydrogen-bond donors (Lipinski definition) is 0. The van der Waals surface area contributed by atoms with Crippen LogP contribution in [0.25, 0.3) is 0 Å². The van der Waals surface area contributed by atoms with Crippen LogP contribution in [0.4, 0.5) is 20.5 Å². The van der Waals surface area contributed by atoms with Crippen LogP contribution in [0.5, 0.6) is 0 Å². The van der Waals surface area contributed by atoms with E-state index < -0.39 is 5.92 Å². The monoisotopic (exact) mass is 446 g/mol. The van der Waals surface area contributed by atoms with Gasteiger partial charge in [-0.15, -0.1) is 0 Å². The molecule has 1 saturated carbocycles. The van der Waals surface area contributed by atoms with Crippen molar-refractivity contribution < 1.29 is 13.6 Å². The summed E-state index contributed by atoms with van der Waals surface area (Å²) in [5.41, 5.74) is 0.581. The van der Waals surface area contributed by atoms with Gasteiger partial charge in [0.25, 0.3) is 5.92 Å². The molecule has 0 N–H and O–H groups in total. The first-order valence-corrected chi connectivity index (χ1v) is 12.1. The van der Waals surface area contributed by atoms with E-state index in [1.54, 1.807) is 0 Å². The molecule has 4 heterocycles. The predicted molar refractivity (Wildman–Crippen MR) is 117 cm³/mol. The van der Waals surface area contributed by atoms with Gasteiger partial charge in [-0.2, -0.15) is 13.8 Å². The summed E-state index contributed by atoms with van der Waals surface area (Å²) in [6, 6.07) is 0.299. The third-order valence-corrected chi connectivity index (χ3v) is 8.52. The van der Waals surface area contributed by atoms with E-state index >= 15 is 0 Å². The smallest absolute Gasteiger partial charge is 0.290 e. The first kappa shape index (κ1) is 20.6. The quantitative estimate of drug-likeness (QED) is 0.705. The number of hydrogen-bond acceptors (Lipinski definition) is 6. The van der Waals surface area contributed by atoms with Crippen molar-refractivity contribution in [1.29, 1.82) is 0 Å². The summed E-state index contributed by atoms with van der Waals surface area (Å²) in [6.45, 7) is 8.07. The standard InChI is InChI=1S/C23H32F2N6O/c1-14-4-6-31(14)22-26-20-15(3-5-23(20,24)25)21(27-22)30-12-17-16(18(17)13-30)11-19(32)29-9-7-28(2)8-10-29/h14,16-18H,3-13H2,1-2H3/t14-,16-,17-,18+/m0/s1. The number of likely N-dealkylation sites (N-methyl/N-ethyl adjacent to an activating group) is 1. The number of carbonyl (C=O) groups is 1. The fourth-order valence-corrected chi connectivity index (χ4v) is 6.11. The van der Waals surface area contributed by atoms with Gasteiger partial charge in [-0.25, -0.2) is 4.98 Å². The summed E-state index contributed by atoms with van der Waals surface area (Å²) in [6.07, 6.45) is 1.84. The maximum Gasteiger partial charge on any atom is 0.290 e. The van der Waals surface area contributed by atoms with Gasteiger partial charge < -0.3 is 19.6 Å². The summed E-state index contributed by atoms with van der Waals surface area (Å²) in [5.74, 6) is -0.0179. The molecule has 0 aromatic carbocycles. The number of alkyl halides is 2. The lowest BCUT2D eigenvalue weighted by atomic mass is 10.1. The highest BCUT2D eigenvalue weighted by Crippen LogP contribution is 2.55. The van der Waals surface area contributed by atoms with E-state index in [0.29, 0.717) is 48.1 Å². The Kier molecular flexibility index (Phi) is 4.65. The minimum Gasteiger partial charge on any atom is -0.356 e. The van der Waals surface area contributed by atoms with Crippen molar-refractivity contribution in [2.75, 3.05) is 62.7 Å². The second-order valence-corrected chi connectivity index (χ2v) is 10.5. The Morgan fingerprint density at radius 1 is 1.09 bits per heavy atom. The zero-order valence-corrected chi connectivity index (χ0v) is 18.9. The topological polar surface area (TPSA) is 55.8 Å². The highest BCUT2D eigenvalue weighted by molar-refractivity contribution is 5.77. The van der Waals surface area contributed by atoms with E-state index in [4.69, 9.17) is 4.98 Å². The van der Waals surface area contributed by atoms with Crippen LogP contribution < -0.4 is 9.80 Å². The lowest BCUT2D eigenvalue weighted by molar-refractivity contribution is -0.133. The number of amides is 1. The van der Waals surface area contributed by atoms with Crippen LogP contribution in [-0.2, 0) is 17.1 Å². The molecule has 4 fully saturated rings. The van der Waals surface area contributed by atoms with Gasteiger partial charge in [-0.3, -0.25) is 4.79 Å². The zero-order valence-electron chi connectivity index (χ0n) is 18.9. The Bertz CT molecular complexity index is 921. The van der Waals surface area contributed by atoms with Crippen LogP contribution in [-0.4, -0.2) is 84.6 Å². The van der Waals surface area contributed by atoms with E-state index in [1.165, 1.54) is 0 Å². The van der Waals surface area contributed by atoms with Gasteiger partial charge in [-0.1, -0.05) is 0 Å². The summed E-state index contributed by atoms with van der Waals surface area (Å²) in [7, 11) is 2.09. The molecule has 0 bridgehead atoms. The fraction of sp³-hybridized carbons (Fsp3) is 0.783. The van der Waals surface area contributed by atoms with Crippen LogP contribution >= 0.6 is 0 Å². The Balaban J connectivity index is 1.16. The summed E-state index contributed by atoms with van der Waals surface area (Å²) in [5, 5.41) is 0. The average Bonchev–Trinajstić information content (AvgIpc) is 3.08. The average molecular weight is 447 g/mol. The largest absolute Gasteiger partial charge is 0.356 e.